The lowest BCUT2D eigenvalue weighted by Crippen LogP contribution is -2.76. The van der Waals surface area contributed by atoms with Gasteiger partial charge in [0.2, 0.25) is 0 Å². The summed E-state index contributed by atoms with van der Waals surface area (Å²) in [5.74, 6) is 1.10. The van der Waals surface area contributed by atoms with Crippen molar-refractivity contribution in [1.29, 1.82) is 0 Å². The number of aromatic hydroxyl groups is 1. The average molecular weight is 343 g/mol. The van der Waals surface area contributed by atoms with Crippen molar-refractivity contribution in [3.05, 3.63) is 23.3 Å². The van der Waals surface area contributed by atoms with Gasteiger partial charge < -0.3 is 14.9 Å². The maximum atomic E-state index is 12.7. The smallest absolute Gasteiger partial charge is 0.174 e. The molecule has 1 spiro atoms. The number of carbonyl (C=O) groups is 1. The highest BCUT2D eigenvalue weighted by molar-refractivity contribution is 5.90. The van der Waals surface area contributed by atoms with Crippen LogP contribution < -0.4 is 4.74 Å². The van der Waals surface area contributed by atoms with Crippen LogP contribution in [0.1, 0.15) is 44.2 Å². The lowest BCUT2D eigenvalue weighted by Gasteiger charge is -2.62. The van der Waals surface area contributed by atoms with E-state index in [0.717, 1.165) is 30.6 Å². The first-order valence-corrected chi connectivity index (χ1v) is 9.39. The Morgan fingerprint density at radius 3 is 2.92 bits per heavy atom. The number of aliphatic hydroxyl groups is 1. The fourth-order valence-electron chi connectivity index (χ4n) is 6.10. The molecule has 0 radical (unpaired) electrons. The molecule has 2 aliphatic carbocycles. The molecule has 5 rings (SSSR count). The summed E-state index contributed by atoms with van der Waals surface area (Å²) in [6, 6.07) is 3.62. The van der Waals surface area contributed by atoms with Crippen molar-refractivity contribution < 1.29 is 19.7 Å². The molecule has 0 aromatic heterocycles. The first-order chi connectivity index (χ1) is 11.9. The molecule has 2 aliphatic heterocycles. The number of ether oxygens (including phenoxy) is 1. The average Bonchev–Trinajstić information content (AvgIpc) is 2.91. The molecule has 0 unspecified atom stereocenters. The Balaban J connectivity index is 1.75. The summed E-state index contributed by atoms with van der Waals surface area (Å²) in [4.78, 5) is 15.1. The Labute approximate surface area is 147 Å². The number of Topliss-reactive ketones (excluding diaryl/α,β-unsaturated/α-hetero) is 1. The van der Waals surface area contributed by atoms with Gasteiger partial charge in [-0.3, -0.25) is 9.69 Å². The van der Waals surface area contributed by atoms with Crippen LogP contribution >= 0.6 is 0 Å². The van der Waals surface area contributed by atoms with E-state index in [-0.39, 0.29) is 17.6 Å². The van der Waals surface area contributed by atoms with Crippen molar-refractivity contribution >= 4 is 5.78 Å². The Morgan fingerprint density at radius 2 is 2.16 bits per heavy atom. The van der Waals surface area contributed by atoms with E-state index in [1.807, 2.05) is 6.07 Å². The zero-order chi connectivity index (χ0) is 17.6. The Morgan fingerprint density at radius 1 is 1.36 bits per heavy atom. The second kappa shape index (κ2) is 4.77. The molecule has 2 fully saturated rings. The zero-order valence-corrected chi connectivity index (χ0v) is 14.8. The number of hydrogen-bond donors (Lipinski definition) is 2. The van der Waals surface area contributed by atoms with Crippen molar-refractivity contribution in [2.45, 2.75) is 62.7 Å². The molecule has 1 saturated heterocycles. The normalized spacial score (nSPS) is 38.6. The summed E-state index contributed by atoms with van der Waals surface area (Å²) in [7, 11) is 0. The maximum Gasteiger partial charge on any atom is 0.174 e. The van der Waals surface area contributed by atoms with E-state index in [2.05, 4.69) is 18.7 Å². The number of benzene rings is 1. The minimum absolute atomic E-state index is 0.00541. The molecule has 2 bridgehead atoms. The lowest BCUT2D eigenvalue weighted by atomic mass is 9.49. The van der Waals surface area contributed by atoms with E-state index in [9.17, 15) is 15.0 Å². The van der Waals surface area contributed by atoms with Crippen molar-refractivity contribution in [3.8, 4) is 11.5 Å². The summed E-state index contributed by atoms with van der Waals surface area (Å²) in [6.45, 7) is 6.20. The van der Waals surface area contributed by atoms with Gasteiger partial charge in [0.25, 0.3) is 0 Å². The zero-order valence-electron chi connectivity index (χ0n) is 14.8. The van der Waals surface area contributed by atoms with E-state index in [4.69, 9.17) is 4.74 Å². The Hall–Kier alpha value is -1.59. The molecule has 2 N–H and O–H groups in total. The van der Waals surface area contributed by atoms with Crippen LogP contribution in [0.5, 0.6) is 11.5 Å². The number of phenols is 1. The minimum atomic E-state index is -0.967. The molecule has 4 atom stereocenters. The first kappa shape index (κ1) is 15.6. The van der Waals surface area contributed by atoms with Crippen LogP contribution in [-0.2, 0) is 16.6 Å². The van der Waals surface area contributed by atoms with Crippen molar-refractivity contribution in [3.63, 3.8) is 0 Å². The first-order valence-electron chi connectivity index (χ1n) is 9.39. The van der Waals surface area contributed by atoms with Gasteiger partial charge in [0.15, 0.2) is 23.4 Å². The van der Waals surface area contributed by atoms with Gasteiger partial charge in [-0.2, -0.15) is 0 Å². The van der Waals surface area contributed by atoms with E-state index in [1.54, 1.807) is 6.07 Å². The van der Waals surface area contributed by atoms with E-state index >= 15 is 0 Å². The van der Waals surface area contributed by atoms with Crippen LogP contribution in [0.3, 0.4) is 0 Å². The third-order valence-electron chi connectivity index (χ3n) is 6.97. The number of phenolic OH excluding ortho intramolecular Hbond substituents is 1. The number of ketones is 1. The Kier molecular flexibility index (Phi) is 2.99. The van der Waals surface area contributed by atoms with Crippen molar-refractivity contribution in [2.24, 2.45) is 5.92 Å². The SMILES string of the molecule is CC(C)CN1CC[C@]23c4c5ccc(O)c4O[C@H]2C(=O)CC[C@@]3(O)[C@H]1C5. The predicted molar refractivity (Wildman–Crippen MR) is 91.9 cm³/mol. The third kappa shape index (κ3) is 1.69. The van der Waals surface area contributed by atoms with Crippen LogP contribution in [0.2, 0.25) is 0 Å². The molecule has 5 heteroatoms. The molecule has 134 valence electrons. The number of nitrogens with zero attached hydrogens (tertiary/aromatic N) is 1. The summed E-state index contributed by atoms with van der Waals surface area (Å²) in [6.07, 6.45) is 1.63. The van der Waals surface area contributed by atoms with Gasteiger partial charge in [-0.25, -0.2) is 0 Å². The van der Waals surface area contributed by atoms with Crippen LogP contribution in [-0.4, -0.2) is 51.7 Å². The number of piperidine rings is 1. The van der Waals surface area contributed by atoms with E-state index in [1.165, 1.54) is 0 Å². The van der Waals surface area contributed by atoms with E-state index < -0.39 is 17.1 Å². The van der Waals surface area contributed by atoms with Crippen LogP contribution in [0, 0.1) is 5.92 Å². The summed E-state index contributed by atoms with van der Waals surface area (Å²) < 4.78 is 6.03. The second-order valence-electron chi connectivity index (χ2n) is 8.67. The van der Waals surface area contributed by atoms with Crippen LogP contribution in [0.15, 0.2) is 12.1 Å². The quantitative estimate of drug-likeness (QED) is 0.856. The van der Waals surface area contributed by atoms with Gasteiger partial charge in [0, 0.05) is 24.6 Å². The molecule has 25 heavy (non-hydrogen) atoms. The van der Waals surface area contributed by atoms with Crippen LogP contribution in [0.4, 0.5) is 0 Å². The molecule has 1 aromatic carbocycles. The molecule has 0 amide bonds. The topological polar surface area (TPSA) is 70.0 Å². The maximum absolute atomic E-state index is 12.7. The lowest BCUT2D eigenvalue weighted by molar-refractivity contribution is -0.189. The highest BCUT2D eigenvalue weighted by Crippen LogP contribution is 2.64. The summed E-state index contributed by atoms with van der Waals surface area (Å²) in [5.41, 5.74) is 0.369. The summed E-state index contributed by atoms with van der Waals surface area (Å²) >= 11 is 0. The molecule has 4 aliphatic rings. The highest BCUT2D eigenvalue weighted by atomic mass is 16.5. The van der Waals surface area contributed by atoms with Gasteiger partial charge in [-0.15, -0.1) is 0 Å². The third-order valence-corrected chi connectivity index (χ3v) is 6.97. The van der Waals surface area contributed by atoms with Crippen molar-refractivity contribution in [1.82, 2.24) is 4.90 Å². The van der Waals surface area contributed by atoms with Crippen LogP contribution in [0.25, 0.3) is 0 Å². The minimum Gasteiger partial charge on any atom is -0.504 e. The van der Waals surface area contributed by atoms with Gasteiger partial charge in [-0.05, 0) is 43.4 Å². The molecule has 5 nitrogen and oxygen atoms in total. The number of rotatable bonds is 2. The molecule has 1 aromatic rings. The fraction of sp³-hybridized carbons (Fsp3) is 0.650. The highest BCUT2D eigenvalue weighted by Gasteiger charge is 2.73. The van der Waals surface area contributed by atoms with Gasteiger partial charge >= 0.3 is 0 Å². The standard InChI is InChI=1S/C20H25NO4/c1-11(2)10-21-8-7-19-16-12-3-4-13(22)17(16)25-18(19)14(23)5-6-20(19,24)15(21)9-12/h3-4,11,15,18,22,24H,5-10H2,1-2H3/t15-,18+,19+,20-/m1/s1. The van der Waals surface area contributed by atoms with Gasteiger partial charge in [0.1, 0.15) is 0 Å². The Bertz CT molecular complexity index is 775. The number of hydrogen-bond acceptors (Lipinski definition) is 5. The van der Waals surface area contributed by atoms with Gasteiger partial charge in [0.05, 0.1) is 11.0 Å². The number of carbonyl (C=O) groups excluding carboxylic acids is 1. The largest absolute Gasteiger partial charge is 0.504 e. The second-order valence-corrected chi connectivity index (χ2v) is 8.67. The monoisotopic (exact) mass is 343 g/mol. The van der Waals surface area contributed by atoms with Gasteiger partial charge in [-0.1, -0.05) is 19.9 Å². The molecule has 1 saturated carbocycles. The fourth-order valence-corrected chi connectivity index (χ4v) is 6.10. The molecule has 2 heterocycles. The summed E-state index contributed by atoms with van der Waals surface area (Å²) in [5, 5.41) is 22.3. The predicted octanol–water partition coefficient (Wildman–Crippen LogP) is 1.77. The number of likely N-dealkylation sites (tertiary alicyclic amines) is 1. The molecular weight excluding hydrogens is 318 g/mol. The van der Waals surface area contributed by atoms with E-state index in [0.29, 0.717) is 30.9 Å². The van der Waals surface area contributed by atoms with Crippen molar-refractivity contribution in [2.75, 3.05) is 13.1 Å². The molecular formula is C20H25NO4.